The molecule has 43 heavy (non-hydrogen) atoms. The van der Waals surface area contributed by atoms with Crippen LogP contribution in [0.25, 0.3) is 0 Å². The Hall–Kier alpha value is -3.87. The minimum atomic E-state index is -0.499. The summed E-state index contributed by atoms with van der Waals surface area (Å²) in [7, 11) is 0. The Morgan fingerprint density at radius 2 is 1.49 bits per heavy atom. The van der Waals surface area contributed by atoms with Crippen LogP contribution in [0.2, 0.25) is 0 Å². The van der Waals surface area contributed by atoms with E-state index in [1.54, 1.807) is 6.07 Å². The molecule has 5 nitrogen and oxygen atoms in total. The van der Waals surface area contributed by atoms with Crippen molar-refractivity contribution in [2.75, 3.05) is 40.9 Å². The van der Waals surface area contributed by atoms with Gasteiger partial charge in [0.05, 0.1) is 6.04 Å². The second kappa shape index (κ2) is 12.8. The number of rotatable bonds is 9. The van der Waals surface area contributed by atoms with Gasteiger partial charge < -0.3 is 9.80 Å². The first-order valence-corrected chi connectivity index (χ1v) is 15.8. The first-order valence-electron chi connectivity index (χ1n) is 15.8. The molecule has 3 aromatic carbocycles. The summed E-state index contributed by atoms with van der Waals surface area (Å²) in [5.41, 5.74) is 5.65. The SMILES string of the molecule is C=C1N(c2ccc(N3CCN(c4ccc(CCC5CCC(c6ccc(F)cc6F)C5)cc4)CC3)cc2)C=NN1C(C)CC. The van der Waals surface area contributed by atoms with Crippen molar-refractivity contribution >= 4 is 23.4 Å². The third-order valence-corrected chi connectivity index (χ3v) is 9.70. The van der Waals surface area contributed by atoms with Crippen LogP contribution in [0, 0.1) is 17.6 Å². The van der Waals surface area contributed by atoms with Crippen molar-refractivity contribution < 1.29 is 8.78 Å². The Balaban J connectivity index is 0.962. The Morgan fingerprint density at radius 1 is 0.860 bits per heavy atom. The number of hydrazone groups is 1. The van der Waals surface area contributed by atoms with Gasteiger partial charge in [0, 0.05) is 49.3 Å². The van der Waals surface area contributed by atoms with Crippen molar-refractivity contribution in [3.05, 3.63) is 102 Å². The topological polar surface area (TPSA) is 25.3 Å². The molecule has 0 N–H and O–H groups in total. The molecule has 3 aliphatic rings. The van der Waals surface area contributed by atoms with Gasteiger partial charge in [-0.3, -0.25) is 4.90 Å². The lowest BCUT2D eigenvalue weighted by atomic mass is 9.93. The molecule has 0 radical (unpaired) electrons. The lowest BCUT2D eigenvalue weighted by Crippen LogP contribution is -2.46. The van der Waals surface area contributed by atoms with Crippen molar-refractivity contribution in [2.45, 2.75) is 64.3 Å². The first-order chi connectivity index (χ1) is 20.9. The number of anilines is 3. The molecule has 1 saturated carbocycles. The van der Waals surface area contributed by atoms with E-state index >= 15 is 0 Å². The highest BCUT2D eigenvalue weighted by atomic mass is 19.1. The van der Waals surface area contributed by atoms with Gasteiger partial charge in [-0.05, 0) is 111 Å². The first kappa shape index (κ1) is 29.2. The fourth-order valence-corrected chi connectivity index (χ4v) is 6.85. The molecular formula is C36H43F2N5. The molecule has 0 aromatic heterocycles. The summed E-state index contributed by atoms with van der Waals surface area (Å²) < 4.78 is 27.5. The predicted molar refractivity (Wildman–Crippen MR) is 174 cm³/mol. The number of nitrogens with zero attached hydrogens (tertiary/aromatic N) is 5. The number of aryl methyl sites for hydroxylation is 1. The fourth-order valence-electron chi connectivity index (χ4n) is 6.85. The van der Waals surface area contributed by atoms with Crippen LogP contribution in [-0.2, 0) is 6.42 Å². The van der Waals surface area contributed by atoms with Crippen LogP contribution >= 0.6 is 0 Å². The van der Waals surface area contributed by atoms with E-state index in [1.807, 2.05) is 11.3 Å². The minimum absolute atomic E-state index is 0.213. The highest BCUT2D eigenvalue weighted by Crippen LogP contribution is 2.41. The van der Waals surface area contributed by atoms with Gasteiger partial charge in [-0.2, -0.15) is 5.10 Å². The van der Waals surface area contributed by atoms with Crippen molar-refractivity contribution in [3.8, 4) is 0 Å². The number of piperazine rings is 1. The maximum atomic E-state index is 14.2. The van der Waals surface area contributed by atoms with Gasteiger partial charge in [0.1, 0.15) is 23.8 Å². The van der Waals surface area contributed by atoms with Crippen LogP contribution in [-0.4, -0.2) is 43.6 Å². The van der Waals surface area contributed by atoms with Crippen molar-refractivity contribution in [1.82, 2.24) is 5.01 Å². The normalized spacial score (nSPS) is 21.3. The summed E-state index contributed by atoms with van der Waals surface area (Å²) in [5, 5.41) is 6.53. The van der Waals surface area contributed by atoms with E-state index in [9.17, 15) is 8.78 Å². The molecule has 0 spiro atoms. The molecule has 2 heterocycles. The highest BCUT2D eigenvalue weighted by Gasteiger charge is 2.28. The minimum Gasteiger partial charge on any atom is -0.368 e. The van der Waals surface area contributed by atoms with E-state index in [4.69, 9.17) is 0 Å². The van der Waals surface area contributed by atoms with Crippen LogP contribution < -0.4 is 14.7 Å². The van der Waals surface area contributed by atoms with Crippen LogP contribution in [0.3, 0.4) is 0 Å². The molecular weight excluding hydrogens is 540 g/mol. The molecule has 3 unspecified atom stereocenters. The monoisotopic (exact) mass is 583 g/mol. The molecule has 2 fully saturated rings. The molecule has 1 aliphatic carbocycles. The van der Waals surface area contributed by atoms with Crippen molar-refractivity contribution in [1.29, 1.82) is 0 Å². The van der Waals surface area contributed by atoms with Crippen molar-refractivity contribution in [2.24, 2.45) is 11.0 Å². The maximum Gasteiger partial charge on any atom is 0.129 e. The zero-order valence-corrected chi connectivity index (χ0v) is 25.4. The van der Waals surface area contributed by atoms with E-state index in [0.29, 0.717) is 17.5 Å². The zero-order valence-electron chi connectivity index (χ0n) is 25.4. The van der Waals surface area contributed by atoms with Gasteiger partial charge in [-0.15, -0.1) is 0 Å². The van der Waals surface area contributed by atoms with E-state index in [0.717, 1.165) is 82.3 Å². The summed E-state index contributed by atoms with van der Waals surface area (Å²) in [6.07, 6.45) is 8.13. The van der Waals surface area contributed by atoms with Gasteiger partial charge in [0.25, 0.3) is 0 Å². The fraction of sp³-hybridized carbons (Fsp3) is 0.417. The summed E-state index contributed by atoms with van der Waals surface area (Å²) in [6.45, 7) is 12.5. The molecule has 3 aromatic rings. The molecule has 226 valence electrons. The lowest BCUT2D eigenvalue weighted by Gasteiger charge is -2.37. The largest absolute Gasteiger partial charge is 0.368 e. The molecule has 0 bridgehead atoms. The summed E-state index contributed by atoms with van der Waals surface area (Å²) in [5.74, 6) is 0.809. The molecule has 7 heteroatoms. The predicted octanol–water partition coefficient (Wildman–Crippen LogP) is 8.14. The van der Waals surface area contributed by atoms with Crippen molar-refractivity contribution in [3.63, 3.8) is 0 Å². The lowest BCUT2D eigenvalue weighted by molar-refractivity contribution is 0.286. The van der Waals surface area contributed by atoms with Gasteiger partial charge in [-0.1, -0.05) is 31.7 Å². The van der Waals surface area contributed by atoms with Crippen LogP contribution in [0.15, 0.2) is 84.2 Å². The maximum absolute atomic E-state index is 14.2. The average molecular weight is 584 g/mol. The highest BCUT2D eigenvalue weighted by molar-refractivity contribution is 5.85. The second-order valence-corrected chi connectivity index (χ2v) is 12.4. The van der Waals surface area contributed by atoms with Gasteiger partial charge in [0.15, 0.2) is 0 Å². The number of hydrogen-bond acceptors (Lipinski definition) is 5. The zero-order chi connectivity index (χ0) is 29.9. The Labute approximate surface area is 255 Å². The Morgan fingerprint density at radius 3 is 2.12 bits per heavy atom. The third kappa shape index (κ3) is 6.41. The average Bonchev–Trinajstić information content (AvgIpc) is 3.67. The molecule has 1 saturated heterocycles. The summed E-state index contributed by atoms with van der Waals surface area (Å²) >= 11 is 0. The number of hydrogen-bond donors (Lipinski definition) is 0. The smallest absolute Gasteiger partial charge is 0.129 e. The van der Waals surface area contributed by atoms with E-state index in [1.165, 1.54) is 23.0 Å². The van der Waals surface area contributed by atoms with Crippen LogP contribution in [0.1, 0.15) is 63.0 Å². The Bertz CT molecular complexity index is 1430. The van der Waals surface area contributed by atoms with Crippen LogP contribution in [0.5, 0.6) is 0 Å². The third-order valence-electron chi connectivity index (χ3n) is 9.70. The van der Waals surface area contributed by atoms with Gasteiger partial charge in [0.2, 0.25) is 0 Å². The summed E-state index contributed by atoms with van der Waals surface area (Å²) in [4.78, 5) is 6.98. The standard InChI is InChI=1S/C36H43F2N5/c1-4-26(2)43-27(3)42(25-39-43)34-16-14-33(15-17-34)41-21-19-40(20-22-41)32-12-8-28(9-13-32)5-6-29-7-10-30(23-29)35-18-11-31(37)24-36(35)38/h8-9,11-18,24-26,29-30H,3-7,10,19-23H2,1-2H3. The van der Waals surface area contributed by atoms with Crippen LogP contribution in [0.4, 0.5) is 25.8 Å². The molecule has 3 atom stereocenters. The second-order valence-electron chi connectivity index (χ2n) is 12.4. The number of halogens is 2. The molecule has 6 rings (SSSR count). The Kier molecular flexibility index (Phi) is 8.68. The molecule has 2 aliphatic heterocycles. The molecule has 0 amide bonds. The van der Waals surface area contributed by atoms with E-state index < -0.39 is 11.6 Å². The van der Waals surface area contributed by atoms with Gasteiger partial charge in [-0.25, -0.2) is 13.8 Å². The quantitative estimate of drug-likeness (QED) is 0.254. The van der Waals surface area contributed by atoms with E-state index in [-0.39, 0.29) is 5.92 Å². The van der Waals surface area contributed by atoms with E-state index in [2.05, 4.69) is 88.8 Å². The van der Waals surface area contributed by atoms with Gasteiger partial charge >= 0.3 is 0 Å². The summed E-state index contributed by atoms with van der Waals surface area (Å²) in [6, 6.07) is 22.1. The number of benzene rings is 3.